The third-order valence-corrected chi connectivity index (χ3v) is 4.40. The van der Waals surface area contributed by atoms with Crippen molar-refractivity contribution in [3.05, 3.63) is 29.6 Å². The van der Waals surface area contributed by atoms with Gasteiger partial charge in [-0.3, -0.25) is 0 Å². The Bertz CT molecular complexity index is 533. The Hall–Kier alpha value is -1.76. The van der Waals surface area contributed by atoms with Crippen molar-refractivity contribution in [3.8, 4) is 0 Å². The van der Waals surface area contributed by atoms with Gasteiger partial charge in [0.1, 0.15) is 5.82 Å². The van der Waals surface area contributed by atoms with Crippen LogP contribution in [0.25, 0.3) is 0 Å². The molecule has 1 aliphatic rings. The topological polar surface area (TPSA) is 78.4 Å². The van der Waals surface area contributed by atoms with E-state index in [1.807, 2.05) is 11.8 Å². The fraction of sp³-hybridized carbons (Fsp3) is 0.429. The number of hydrogen-bond acceptors (Lipinski definition) is 3. The number of rotatable bonds is 4. The Morgan fingerprint density at radius 3 is 2.71 bits per heavy atom. The van der Waals surface area contributed by atoms with Crippen LogP contribution in [0.2, 0.25) is 0 Å². The number of benzene rings is 1. The Morgan fingerprint density at radius 1 is 1.33 bits per heavy atom. The first-order valence-corrected chi connectivity index (χ1v) is 7.87. The average molecular weight is 312 g/mol. The molecule has 1 aromatic carbocycles. The van der Waals surface area contributed by atoms with Crippen LogP contribution in [0.3, 0.4) is 0 Å². The molecule has 2 rings (SSSR count). The minimum atomic E-state index is -1.21. The number of hydrogen-bond donors (Lipinski definition) is 3. The molecule has 1 aromatic rings. The Morgan fingerprint density at radius 2 is 2.05 bits per heavy atom. The molecule has 1 fully saturated rings. The molecule has 3 N–H and O–H groups in total. The maximum atomic E-state index is 13.2. The van der Waals surface area contributed by atoms with Gasteiger partial charge in [-0.25, -0.2) is 14.0 Å². The second kappa shape index (κ2) is 7.31. The number of anilines is 1. The minimum absolute atomic E-state index is 0.0424. The van der Waals surface area contributed by atoms with Gasteiger partial charge in [0.05, 0.1) is 11.3 Å². The molecule has 0 spiro atoms. The van der Waals surface area contributed by atoms with E-state index in [4.69, 9.17) is 5.11 Å². The van der Waals surface area contributed by atoms with Crippen molar-refractivity contribution in [3.63, 3.8) is 0 Å². The van der Waals surface area contributed by atoms with Crippen LogP contribution in [0.5, 0.6) is 0 Å². The summed E-state index contributed by atoms with van der Waals surface area (Å²) in [6, 6.07) is 2.67. The number of urea groups is 1. The van der Waals surface area contributed by atoms with E-state index in [2.05, 4.69) is 10.6 Å². The number of carboxylic acids is 1. The van der Waals surface area contributed by atoms with Crippen molar-refractivity contribution < 1.29 is 19.1 Å². The van der Waals surface area contributed by atoms with Crippen LogP contribution >= 0.6 is 11.8 Å². The van der Waals surface area contributed by atoms with Gasteiger partial charge < -0.3 is 15.7 Å². The van der Waals surface area contributed by atoms with Gasteiger partial charge in [0.15, 0.2) is 0 Å². The summed E-state index contributed by atoms with van der Waals surface area (Å²) in [6.45, 7) is 0.546. The molecule has 1 aliphatic heterocycles. The van der Waals surface area contributed by atoms with Gasteiger partial charge in [0.25, 0.3) is 0 Å². The van der Waals surface area contributed by atoms with Gasteiger partial charge in [0, 0.05) is 6.54 Å². The quantitative estimate of drug-likeness (QED) is 0.799. The number of nitrogens with one attached hydrogen (secondary N) is 2. The molecule has 5 nitrogen and oxygen atoms in total. The van der Waals surface area contributed by atoms with Crippen molar-refractivity contribution in [2.24, 2.45) is 5.92 Å². The van der Waals surface area contributed by atoms with Crippen LogP contribution in [0, 0.1) is 11.7 Å². The van der Waals surface area contributed by atoms with Crippen LogP contribution < -0.4 is 10.6 Å². The molecule has 0 unspecified atom stereocenters. The lowest BCUT2D eigenvalue weighted by atomic mass is 10.0. The first kappa shape index (κ1) is 15.6. The van der Waals surface area contributed by atoms with Crippen molar-refractivity contribution >= 4 is 29.4 Å². The predicted octanol–water partition coefficient (Wildman–Crippen LogP) is 2.79. The summed E-state index contributed by atoms with van der Waals surface area (Å²) >= 11 is 1.91. The molecule has 0 radical (unpaired) electrons. The molecule has 21 heavy (non-hydrogen) atoms. The summed E-state index contributed by atoms with van der Waals surface area (Å²) in [7, 11) is 0. The Kier molecular flexibility index (Phi) is 5.44. The van der Waals surface area contributed by atoms with Crippen LogP contribution in [0.1, 0.15) is 23.2 Å². The number of carboxylic acid groups (broad SMARTS) is 1. The lowest BCUT2D eigenvalue weighted by Gasteiger charge is -2.21. The minimum Gasteiger partial charge on any atom is -0.478 e. The van der Waals surface area contributed by atoms with Gasteiger partial charge in [0.2, 0.25) is 0 Å². The number of carbonyl (C=O) groups is 2. The largest absolute Gasteiger partial charge is 0.478 e. The fourth-order valence-corrected chi connectivity index (χ4v) is 3.36. The normalized spacial score (nSPS) is 15.5. The summed E-state index contributed by atoms with van der Waals surface area (Å²) in [5.41, 5.74) is -0.181. The maximum absolute atomic E-state index is 13.2. The van der Waals surface area contributed by atoms with Gasteiger partial charge >= 0.3 is 12.0 Å². The third-order valence-electron chi connectivity index (χ3n) is 3.35. The molecule has 0 saturated carbocycles. The SMILES string of the molecule is O=C(NCC1CCSCC1)Nc1cc(F)ccc1C(=O)O. The van der Waals surface area contributed by atoms with Gasteiger partial charge in [-0.05, 0) is 48.5 Å². The van der Waals surface area contributed by atoms with Crippen molar-refractivity contribution in [2.45, 2.75) is 12.8 Å². The summed E-state index contributed by atoms with van der Waals surface area (Å²) in [6.07, 6.45) is 2.12. The smallest absolute Gasteiger partial charge is 0.337 e. The van der Waals surface area contributed by atoms with Gasteiger partial charge in [-0.1, -0.05) is 0 Å². The molecule has 1 saturated heterocycles. The summed E-state index contributed by atoms with van der Waals surface area (Å²) < 4.78 is 13.2. The van der Waals surface area contributed by atoms with E-state index in [1.54, 1.807) is 0 Å². The molecular formula is C14H17FN2O3S. The lowest BCUT2D eigenvalue weighted by molar-refractivity contribution is 0.0698. The summed E-state index contributed by atoms with van der Waals surface area (Å²) in [4.78, 5) is 22.8. The van der Waals surface area contributed by atoms with E-state index in [1.165, 1.54) is 0 Å². The van der Waals surface area contributed by atoms with E-state index in [-0.39, 0.29) is 11.3 Å². The number of thioether (sulfide) groups is 1. The first-order valence-electron chi connectivity index (χ1n) is 6.71. The van der Waals surface area contributed by atoms with Gasteiger partial charge in [-0.2, -0.15) is 11.8 Å². The zero-order chi connectivity index (χ0) is 15.2. The highest BCUT2D eigenvalue weighted by Gasteiger charge is 2.16. The van der Waals surface area contributed by atoms with E-state index in [0.717, 1.165) is 42.5 Å². The molecule has 0 aromatic heterocycles. The van der Waals surface area contributed by atoms with E-state index in [9.17, 15) is 14.0 Å². The zero-order valence-corrected chi connectivity index (χ0v) is 12.2. The van der Waals surface area contributed by atoms with Crippen LogP contribution in [0.15, 0.2) is 18.2 Å². The van der Waals surface area contributed by atoms with Crippen LogP contribution in [-0.2, 0) is 0 Å². The standard InChI is InChI=1S/C14H17FN2O3S/c15-10-1-2-11(13(18)19)12(7-10)17-14(20)16-8-9-3-5-21-6-4-9/h1-2,7,9H,3-6,8H2,(H,18,19)(H2,16,17,20). The van der Waals surface area contributed by atoms with Crippen LogP contribution in [0.4, 0.5) is 14.9 Å². The highest BCUT2D eigenvalue weighted by atomic mass is 32.2. The molecule has 2 amide bonds. The number of carbonyl (C=O) groups excluding carboxylic acids is 1. The molecule has 7 heteroatoms. The Labute approximate surface area is 126 Å². The van der Waals surface area contributed by atoms with E-state index < -0.39 is 17.8 Å². The fourth-order valence-electron chi connectivity index (χ4n) is 2.16. The molecule has 1 heterocycles. The zero-order valence-electron chi connectivity index (χ0n) is 11.4. The second-order valence-electron chi connectivity index (χ2n) is 4.89. The van der Waals surface area contributed by atoms with Gasteiger partial charge in [-0.15, -0.1) is 0 Å². The lowest BCUT2D eigenvalue weighted by Crippen LogP contribution is -2.34. The molecular weight excluding hydrogens is 295 g/mol. The molecule has 0 bridgehead atoms. The third kappa shape index (κ3) is 4.63. The predicted molar refractivity (Wildman–Crippen MR) is 80.4 cm³/mol. The monoisotopic (exact) mass is 312 g/mol. The van der Waals surface area contributed by atoms with Crippen LogP contribution in [-0.4, -0.2) is 35.2 Å². The number of aromatic carboxylic acids is 1. The summed E-state index contributed by atoms with van der Waals surface area (Å²) in [5.74, 6) is 0.833. The first-order chi connectivity index (χ1) is 10.1. The second-order valence-corrected chi connectivity index (χ2v) is 6.11. The molecule has 0 atom stereocenters. The molecule has 0 aliphatic carbocycles. The van der Waals surface area contributed by atoms with Crippen molar-refractivity contribution in [2.75, 3.05) is 23.4 Å². The number of amides is 2. The van der Waals surface area contributed by atoms with E-state index >= 15 is 0 Å². The van der Waals surface area contributed by atoms with E-state index in [0.29, 0.717) is 12.5 Å². The summed E-state index contributed by atoms with van der Waals surface area (Å²) in [5, 5.41) is 14.1. The van der Waals surface area contributed by atoms with Crippen molar-refractivity contribution in [1.82, 2.24) is 5.32 Å². The average Bonchev–Trinajstić information content (AvgIpc) is 2.46. The molecule has 114 valence electrons. The maximum Gasteiger partial charge on any atom is 0.337 e. The number of halogens is 1. The van der Waals surface area contributed by atoms with Crippen molar-refractivity contribution in [1.29, 1.82) is 0 Å². The highest BCUT2D eigenvalue weighted by Crippen LogP contribution is 2.22. The Balaban J connectivity index is 1.92. The highest BCUT2D eigenvalue weighted by molar-refractivity contribution is 7.99.